The zero-order chi connectivity index (χ0) is 22.3. The first-order valence-electron chi connectivity index (χ1n) is 10.0. The SMILES string of the molecule is Cc1ccc(-c2cccc(C(N[C@@H](CC(C)C)C(=O)CCC#N)C(F)(F)F)c2)cc1. The molecule has 0 spiro atoms. The first-order valence-corrected chi connectivity index (χ1v) is 10.0. The van der Waals surface area contributed by atoms with Crippen molar-refractivity contribution in [1.29, 1.82) is 5.26 Å². The average molecular weight is 416 g/mol. The Labute approximate surface area is 175 Å². The molecule has 0 saturated carbocycles. The number of carbonyl (C=O) groups excluding carboxylic acids is 1. The van der Waals surface area contributed by atoms with Crippen LogP contribution in [0.25, 0.3) is 11.1 Å². The van der Waals surface area contributed by atoms with Crippen molar-refractivity contribution >= 4 is 5.78 Å². The highest BCUT2D eigenvalue weighted by atomic mass is 19.4. The van der Waals surface area contributed by atoms with Crippen LogP contribution in [0.5, 0.6) is 0 Å². The van der Waals surface area contributed by atoms with Crippen molar-refractivity contribution in [3.63, 3.8) is 0 Å². The van der Waals surface area contributed by atoms with Crippen LogP contribution in [-0.2, 0) is 4.79 Å². The van der Waals surface area contributed by atoms with Gasteiger partial charge >= 0.3 is 6.18 Å². The van der Waals surface area contributed by atoms with E-state index in [9.17, 15) is 18.0 Å². The van der Waals surface area contributed by atoms with Crippen LogP contribution >= 0.6 is 0 Å². The molecular formula is C24H27F3N2O. The van der Waals surface area contributed by atoms with Gasteiger partial charge in [0.25, 0.3) is 0 Å². The second kappa shape index (κ2) is 10.4. The quantitative estimate of drug-likeness (QED) is 0.534. The van der Waals surface area contributed by atoms with E-state index in [2.05, 4.69) is 5.32 Å². The van der Waals surface area contributed by atoms with Gasteiger partial charge in [-0.3, -0.25) is 10.1 Å². The molecule has 160 valence electrons. The summed E-state index contributed by atoms with van der Waals surface area (Å²) in [6.07, 6.45) is -4.37. The van der Waals surface area contributed by atoms with E-state index in [1.54, 1.807) is 12.1 Å². The molecular weight excluding hydrogens is 389 g/mol. The molecule has 0 bridgehead atoms. The molecule has 6 heteroatoms. The van der Waals surface area contributed by atoms with Crippen LogP contribution in [0.1, 0.15) is 50.3 Å². The molecule has 2 atom stereocenters. The Morgan fingerprint density at radius 1 is 1.10 bits per heavy atom. The van der Waals surface area contributed by atoms with Crippen molar-refractivity contribution in [2.24, 2.45) is 5.92 Å². The maximum Gasteiger partial charge on any atom is 0.407 e. The maximum absolute atomic E-state index is 14.0. The molecule has 0 aliphatic rings. The molecule has 0 aliphatic carbocycles. The van der Waals surface area contributed by atoms with E-state index in [0.717, 1.165) is 11.1 Å². The summed E-state index contributed by atoms with van der Waals surface area (Å²) in [5.74, 6) is -0.337. The van der Waals surface area contributed by atoms with E-state index >= 15 is 0 Å². The Morgan fingerprint density at radius 3 is 2.33 bits per heavy atom. The van der Waals surface area contributed by atoms with Crippen molar-refractivity contribution in [2.45, 2.75) is 58.3 Å². The van der Waals surface area contributed by atoms with Crippen molar-refractivity contribution in [3.05, 3.63) is 59.7 Å². The van der Waals surface area contributed by atoms with Crippen LogP contribution in [-0.4, -0.2) is 18.0 Å². The fraction of sp³-hybridized carbons (Fsp3) is 0.417. The number of hydrogen-bond acceptors (Lipinski definition) is 3. The Balaban J connectivity index is 2.37. The van der Waals surface area contributed by atoms with Crippen LogP contribution in [0, 0.1) is 24.2 Å². The van der Waals surface area contributed by atoms with Gasteiger partial charge in [0.1, 0.15) is 6.04 Å². The number of rotatable bonds is 9. The van der Waals surface area contributed by atoms with Crippen LogP contribution in [0.2, 0.25) is 0 Å². The minimum atomic E-state index is -4.57. The molecule has 3 nitrogen and oxygen atoms in total. The number of carbonyl (C=O) groups is 1. The van der Waals surface area contributed by atoms with Gasteiger partial charge in [-0.05, 0) is 42.0 Å². The minimum Gasteiger partial charge on any atom is -0.298 e. The minimum absolute atomic E-state index is 0.00526. The van der Waals surface area contributed by atoms with Crippen molar-refractivity contribution in [1.82, 2.24) is 5.32 Å². The molecule has 0 radical (unpaired) electrons. The van der Waals surface area contributed by atoms with E-state index in [1.807, 2.05) is 51.1 Å². The molecule has 0 fully saturated rings. The van der Waals surface area contributed by atoms with Gasteiger partial charge in [0.2, 0.25) is 0 Å². The second-order valence-electron chi connectivity index (χ2n) is 7.94. The Morgan fingerprint density at radius 2 is 1.77 bits per heavy atom. The molecule has 2 rings (SSSR count). The van der Waals surface area contributed by atoms with Crippen LogP contribution in [0.3, 0.4) is 0 Å². The number of nitriles is 1. The Bertz CT molecular complexity index is 883. The molecule has 0 heterocycles. The number of benzene rings is 2. The summed E-state index contributed by atoms with van der Waals surface area (Å²) in [6, 6.07) is 12.8. The topological polar surface area (TPSA) is 52.9 Å². The molecule has 0 aromatic heterocycles. The number of alkyl halides is 3. The van der Waals surface area contributed by atoms with E-state index in [0.29, 0.717) is 5.56 Å². The third-order valence-corrected chi connectivity index (χ3v) is 4.88. The number of nitrogens with zero attached hydrogens (tertiary/aromatic N) is 1. The number of nitrogens with one attached hydrogen (secondary N) is 1. The van der Waals surface area contributed by atoms with Gasteiger partial charge in [0.05, 0.1) is 12.1 Å². The summed E-state index contributed by atoms with van der Waals surface area (Å²) in [5.41, 5.74) is 2.63. The molecule has 0 saturated heterocycles. The van der Waals surface area contributed by atoms with Crippen molar-refractivity contribution in [2.75, 3.05) is 0 Å². The molecule has 1 N–H and O–H groups in total. The van der Waals surface area contributed by atoms with Crippen molar-refractivity contribution in [3.8, 4) is 17.2 Å². The fourth-order valence-electron chi connectivity index (χ4n) is 3.34. The lowest BCUT2D eigenvalue weighted by molar-refractivity contribution is -0.161. The summed E-state index contributed by atoms with van der Waals surface area (Å²) >= 11 is 0. The number of hydrogen-bond donors (Lipinski definition) is 1. The third-order valence-electron chi connectivity index (χ3n) is 4.88. The lowest BCUT2D eigenvalue weighted by atomic mass is 9.94. The molecule has 2 aromatic rings. The van der Waals surface area contributed by atoms with Gasteiger partial charge in [0, 0.05) is 12.8 Å². The first kappa shape index (κ1) is 23.6. The van der Waals surface area contributed by atoms with E-state index in [1.165, 1.54) is 12.1 Å². The number of aryl methyl sites for hydroxylation is 1. The average Bonchev–Trinajstić information content (AvgIpc) is 2.68. The summed E-state index contributed by atoms with van der Waals surface area (Å²) in [6.45, 7) is 5.65. The van der Waals surface area contributed by atoms with Crippen LogP contribution < -0.4 is 5.32 Å². The summed E-state index contributed by atoms with van der Waals surface area (Å²) in [7, 11) is 0. The molecule has 30 heavy (non-hydrogen) atoms. The zero-order valence-corrected chi connectivity index (χ0v) is 17.5. The van der Waals surface area contributed by atoms with Crippen LogP contribution in [0.4, 0.5) is 13.2 Å². The molecule has 1 unspecified atom stereocenters. The monoisotopic (exact) mass is 416 g/mol. The van der Waals surface area contributed by atoms with Crippen LogP contribution in [0.15, 0.2) is 48.5 Å². The summed E-state index contributed by atoms with van der Waals surface area (Å²) in [4.78, 5) is 12.5. The highest BCUT2D eigenvalue weighted by Crippen LogP contribution is 2.35. The number of ketones is 1. The second-order valence-corrected chi connectivity index (χ2v) is 7.94. The van der Waals surface area contributed by atoms with E-state index in [4.69, 9.17) is 5.26 Å². The van der Waals surface area contributed by atoms with Crippen molar-refractivity contribution < 1.29 is 18.0 Å². The number of halogens is 3. The normalized spacial score (nSPS) is 13.7. The van der Waals surface area contributed by atoms with Gasteiger partial charge in [-0.15, -0.1) is 0 Å². The molecule has 2 aromatic carbocycles. The van der Waals surface area contributed by atoms with E-state index in [-0.39, 0.29) is 36.5 Å². The summed E-state index contributed by atoms with van der Waals surface area (Å²) < 4.78 is 41.9. The Hall–Kier alpha value is -2.65. The first-order chi connectivity index (χ1) is 14.1. The van der Waals surface area contributed by atoms with Gasteiger partial charge < -0.3 is 0 Å². The predicted molar refractivity (Wildman–Crippen MR) is 112 cm³/mol. The predicted octanol–water partition coefficient (Wildman–Crippen LogP) is 6.14. The Kier molecular flexibility index (Phi) is 8.19. The van der Waals surface area contributed by atoms with Gasteiger partial charge in [0.15, 0.2) is 5.78 Å². The number of Topliss-reactive ketones (excluding diaryl/α,β-unsaturated/α-hetero) is 1. The van der Waals surface area contributed by atoms with Gasteiger partial charge in [-0.1, -0.05) is 61.9 Å². The highest BCUT2D eigenvalue weighted by Gasteiger charge is 2.42. The van der Waals surface area contributed by atoms with Gasteiger partial charge in [-0.25, -0.2) is 0 Å². The lowest BCUT2D eigenvalue weighted by Crippen LogP contribution is -2.45. The van der Waals surface area contributed by atoms with E-state index < -0.39 is 18.3 Å². The standard InChI is InChI=1S/C24H27F3N2O/c1-16(2)14-21(22(30)8-5-13-28)29-23(24(25,26)27)20-7-4-6-19(15-20)18-11-9-17(3)10-12-18/h4,6-7,9-12,15-16,21,23,29H,5,8,14H2,1-3H3/t21-,23?/m0/s1. The largest absolute Gasteiger partial charge is 0.407 e. The van der Waals surface area contributed by atoms with Gasteiger partial charge in [-0.2, -0.15) is 18.4 Å². The third kappa shape index (κ3) is 6.70. The lowest BCUT2D eigenvalue weighted by Gasteiger charge is -2.28. The highest BCUT2D eigenvalue weighted by molar-refractivity contribution is 5.84. The molecule has 0 aliphatic heterocycles. The maximum atomic E-state index is 14.0. The molecule has 0 amide bonds. The zero-order valence-electron chi connectivity index (χ0n) is 17.5. The fourth-order valence-corrected chi connectivity index (χ4v) is 3.34. The smallest absolute Gasteiger partial charge is 0.298 e. The summed E-state index contributed by atoms with van der Waals surface area (Å²) in [5, 5.41) is 11.3.